The molecular formula is C20H18N2O4. The maximum Gasteiger partial charge on any atom is 0.274 e. The monoisotopic (exact) mass is 350 g/mol. The second kappa shape index (κ2) is 8.13. The molecule has 3 aromatic rings. The van der Waals surface area contributed by atoms with Crippen molar-refractivity contribution in [2.24, 2.45) is 0 Å². The van der Waals surface area contributed by atoms with E-state index in [-0.39, 0.29) is 5.91 Å². The molecule has 0 spiro atoms. The quantitative estimate of drug-likeness (QED) is 0.528. The number of amides is 2. The molecule has 132 valence electrons. The van der Waals surface area contributed by atoms with Crippen molar-refractivity contribution in [1.29, 1.82) is 0 Å². The molecule has 0 radical (unpaired) electrons. The number of benzene rings is 2. The molecule has 0 bridgehead atoms. The van der Waals surface area contributed by atoms with Crippen LogP contribution >= 0.6 is 0 Å². The highest BCUT2D eigenvalue weighted by molar-refractivity contribution is 5.94. The molecule has 2 aromatic carbocycles. The van der Waals surface area contributed by atoms with Crippen molar-refractivity contribution in [3.05, 3.63) is 95.4 Å². The highest BCUT2D eigenvalue weighted by Crippen LogP contribution is 2.15. The van der Waals surface area contributed by atoms with E-state index < -0.39 is 5.91 Å². The van der Waals surface area contributed by atoms with Gasteiger partial charge in [0.25, 0.3) is 11.8 Å². The zero-order valence-electron chi connectivity index (χ0n) is 14.0. The van der Waals surface area contributed by atoms with Crippen LogP contribution in [0.1, 0.15) is 32.0 Å². The van der Waals surface area contributed by atoms with Crippen LogP contribution in [0, 0.1) is 0 Å². The Morgan fingerprint density at radius 2 is 1.62 bits per heavy atom. The topological polar surface area (TPSA) is 82.8 Å². The van der Waals surface area contributed by atoms with Gasteiger partial charge in [0.1, 0.15) is 5.76 Å². The predicted octanol–water partition coefficient (Wildman–Crippen LogP) is 3.24. The molecule has 26 heavy (non-hydrogen) atoms. The maximum absolute atomic E-state index is 12.9. The SMILES string of the molecule is O=C(NO)c1ccc(CN(Cc2ccco2)C(=O)c2ccccc2)cc1. The zero-order chi connectivity index (χ0) is 18.4. The highest BCUT2D eigenvalue weighted by Gasteiger charge is 2.18. The number of nitrogens with zero attached hydrogens (tertiary/aromatic N) is 1. The van der Waals surface area contributed by atoms with E-state index in [0.29, 0.717) is 30.0 Å². The number of carbonyl (C=O) groups is 2. The second-order valence-corrected chi connectivity index (χ2v) is 5.74. The first-order valence-electron chi connectivity index (χ1n) is 8.07. The summed E-state index contributed by atoms with van der Waals surface area (Å²) >= 11 is 0. The summed E-state index contributed by atoms with van der Waals surface area (Å²) in [5.41, 5.74) is 3.38. The Morgan fingerprint density at radius 3 is 2.23 bits per heavy atom. The average molecular weight is 350 g/mol. The Balaban J connectivity index is 1.81. The molecule has 0 fully saturated rings. The lowest BCUT2D eigenvalue weighted by Gasteiger charge is -2.22. The number of hydroxylamine groups is 1. The first-order valence-corrected chi connectivity index (χ1v) is 8.07. The third-order valence-electron chi connectivity index (χ3n) is 3.93. The van der Waals surface area contributed by atoms with E-state index >= 15 is 0 Å². The Bertz CT molecular complexity index is 859. The third-order valence-corrected chi connectivity index (χ3v) is 3.93. The van der Waals surface area contributed by atoms with E-state index in [4.69, 9.17) is 9.62 Å². The first kappa shape index (κ1) is 17.4. The molecule has 2 amide bonds. The summed E-state index contributed by atoms with van der Waals surface area (Å²) in [6.45, 7) is 0.690. The van der Waals surface area contributed by atoms with Crippen LogP contribution in [0.15, 0.2) is 77.4 Å². The van der Waals surface area contributed by atoms with Crippen molar-refractivity contribution >= 4 is 11.8 Å². The van der Waals surface area contributed by atoms with Crippen molar-refractivity contribution in [3.8, 4) is 0 Å². The fourth-order valence-corrected chi connectivity index (χ4v) is 2.60. The number of nitrogens with one attached hydrogen (secondary N) is 1. The number of carbonyl (C=O) groups excluding carboxylic acids is 2. The summed E-state index contributed by atoms with van der Waals surface area (Å²) in [6, 6.07) is 19.3. The molecule has 3 rings (SSSR count). The summed E-state index contributed by atoms with van der Waals surface area (Å²) in [5.74, 6) is -0.00547. The van der Waals surface area contributed by atoms with Gasteiger partial charge in [-0.05, 0) is 42.0 Å². The van der Waals surface area contributed by atoms with E-state index in [2.05, 4.69) is 0 Å². The molecule has 0 atom stereocenters. The molecule has 0 saturated carbocycles. The van der Waals surface area contributed by atoms with Crippen molar-refractivity contribution in [3.63, 3.8) is 0 Å². The van der Waals surface area contributed by atoms with Gasteiger partial charge in [0, 0.05) is 17.7 Å². The summed E-state index contributed by atoms with van der Waals surface area (Å²) in [7, 11) is 0. The lowest BCUT2D eigenvalue weighted by molar-refractivity contribution is 0.0702. The van der Waals surface area contributed by atoms with Crippen LogP contribution in [-0.4, -0.2) is 21.9 Å². The van der Waals surface area contributed by atoms with E-state index in [1.165, 1.54) is 0 Å². The number of hydrogen-bond acceptors (Lipinski definition) is 4. The zero-order valence-corrected chi connectivity index (χ0v) is 14.0. The lowest BCUT2D eigenvalue weighted by atomic mass is 10.1. The molecule has 0 aliphatic carbocycles. The molecule has 2 N–H and O–H groups in total. The molecule has 0 aliphatic heterocycles. The fraction of sp³-hybridized carbons (Fsp3) is 0.100. The van der Waals surface area contributed by atoms with Gasteiger partial charge in [0.05, 0.1) is 12.8 Å². The van der Waals surface area contributed by atoms with Gasteiger partial charge < -0.3 is 9.32 Å². The van der Waals surface area contributed by atoms with Crippen LogP contribution in [0.2, 0.25) is 0 Å². The van der Waals surface area contributed by atoms with Gasteiger partial charge in [-0.1, -0.05) is 30.3 Å². The molecule has 6 nitrogen and oxygen atoms in total. The Morgan fingerprint density at radius 1 is 0.885 bits per heavy atom. The van der Waals surface area contributed by atoms with Gasteiger partial charge in [-0.15, -0.1) is 0 Å². The standard InChI is InChI=1S/C20H18N2O4/c23-19(21-25)16-10-8-15(9-11-16)13-22(14-18-7-4-12-26-18)20(24)17-5-2-1-3-6-17/h1-12,25H,13-14H2,(H,21,23). The van der Waals surface area contributed by atoms with Crippen molar-refractivity contribution in [2.75, 3.05) is 0 Å². The van der Waals surface area contributed by atoms with Gasteiger partial charge >= 0.3 is 0 Å². The fourth-order valence-electron chi connectivity index (χ4n) is 2.60. The maximum atomic E-state index is 12.9. The van der Waals surface area contributed by atoms with Crippen LogP contribution in [0.5, 0.6) is 0 Å². The van der Waals surface area contributed by atoms with Crippen molar-refractivity contribution < 1.29 is 19.2 Å². The normalized spacial score (nSPS) is 10.3. The molecule has 0 saturated heterocycles. The largest absolute Gasteiger partial charge is 0.467 e. The summed E-state index contributed by atoms with van der Waals surface area (Å²) in [4.78, 5) is 26.0. The van der Waals surface area contributed by atoms with E-state index in [1.54, 1.807) is 59.1 Å². The second-order valence-electron chi connectivity index (χ2n) is 5.74. The molecule has 0 unspecified atom stereocenters. The summed E-state index contributed by atoms with van der Waals surface area (Å²) in [6.07, 6.45) is 1.57. The van der Waals surface area contributed by atoms with Gasteiger partial charge in [-0.25, -0.2) is 5.48 Å². The van der Waals surface area contributed by atoms with Gasteiger partial charge in [0.15, 0.2) is 0 Å². The smallest absolute Gasteiger partial charge is 0.274 e. The van der Waals surface area contributed by atoms with Crippen molar-refractivity contribution in [2.45, 2.75) is 13.1 Å². The Labute approximate surface area is 150 Å². The van der Waals surface area contributed by atoms with Crippen LogP contribution in [-0.2, 0) is 13.1 Å². The average Bonchev–Trinajstić information content (AvgIpc) is 3.20. The van der Waals surface area contributed by atoms with Gasteiger partial charge in [-0.3, -0.25) is 14.8 Å². The molecular weight excluding hydrogens is 332 g/mol. The lowest BCUT2D eigenvalue weighted by Crippen LogP contribution is -2.30. The molecule has 1 heterocycles. The molecule has 1 aromatic heterocycles. The molecule has 6 heteroatoms. The Hall–Kier alpha value is -3.38. The molecule has 0 aliphatic rings. The number of furan rings is 1. The first-order chi connectivity index (χ1) is 12.7. The number of rotatable bonds is 6. The summed E-state index contributed by atoms with van der Waals surface area (Å²) in [5, 5.41) is 8.68. The third kappa shape index (κ3) is 4.17. The summed E-state index contributed by atoms with van der Waals surface area (Å²) < 4.78 is 5.38. The van der Waals surface area contributed by atoms with E-state index in [9.17, 15) is 9.59 Å². The van der Waals surface area contributed by atoms with Gasteiger partial charge in [-0.2, -0.15) is 0 Å². The minimum absolute atomic E-state index is 0.112. The minimum atomic E-state index is -0.579. The van der Waals surface area contributed by atoms with E-state index in [0.717, 1.165) is 5.56 Å². The Kier molecular flexibility index (Phi) is 5.46. The number of hydrogen-bond donors (Lipinski definition) is 2. The van der Waals surface area contributed by atoms with Crippen LogP contribution < -0.4 is 5.48 Å². The van der Waals surface area contributed by atoms with E-state index in [1.807, 2.05) is 24.3 Å². The van der Waals surface area contributed by atoms with Crippen LogP contribution in [0.25, 0.3) is 0 Å². The van der Waals surface area contributed by atoms with Crippen LogP contribution in [0.4, 0.5) is 0 Å². The van der Waals surface area contributed by atoms with Gasteiger partial charge in [0.2, 0.25) is 0 Å². The highest BCUT2D eigenvalue weighted by atomic mass is 16.5. The minimum Gasteiger partial charge on any atom is -0.467 e. The van der Waals surface area contributed by atoms with Crippen molar-refractivity contribution in [1.82, 2.24) is 10.4 Å². The predicted molar refractivity (Wildman–Crippen MR) is 94.4 cm³/mol. The van der Waals surface area contributed by atoms with Crippen LogP contribution in [0.3, 0.4) is 0 Å².